The van der Waals surface area contributed by atoms with Crippen LogP contribution in [-0.2, 0) is 14.6 Å². The first kappa shape index (κ1) is 15.4. The van der Waals surface area contributed by atoms with Crippen molar-refractivity contribution in [3.05, 3.63) is 0 Å². The molecule has 0 aromatic carbocycles. The van der Waals surface area contributed by atoms with Crippen LogP contribution in [0.25, 0.3) is 0 Å². The van der Waals surface area contributed by atoms with E-state index in [1.54, 1.807) is 0 Å². The molecule has 3 N–H and O–H groups in total. The fourth-order valence-corrected chi connectivity index (χ4v) is 3.81. The molecule has 106 valence electrons. The summed E-state index contributed by atoms with van der Waals surface area (Å²) in [6, 6.07) is -1.00. The highest BCUT2D eigenvalue weighted by atomic mass is 32.2. The van der Waals surface area contributed by atoms with E-state index < -0.39 is 15.9 Å². The average molecular weight is 278 g/mol. The molecule has 1 aliphatic heterocycles. The zero-order valence-corrected chi connectivity index (χ0v) is 11.7. The summed E-state index contributed by atoms with van der Waals surface area (Å²) < 4.78 is 22.9. The molecule has 0 radical (unpaired) electrons. The third-order valence-corrected chi connectivity index (χ3v) is 5.03. The summed E-state index contributed by atoms with van der Waals surface area (Å²) in [5.41, 5.74) is 5.80. The lowest BCUT2D eigenvalue weighted by atomic mass is 10.0. The number of aliphatic hydroxyl groups is 1. The molecule has 1 heterocycles. The van der Waals surface area contributed by atoms with Gasteiger partial charge >= 0.3 is 0 Å². The van der Waals surface area contributed by atoms with Crippen molar-refractivity contribution in [2.24, 2.45) is 11.7 Å². The number of carbonyl (C=O) groups excluding carboxylic acids is 1. The maximum atomic E-state index is 12.2. The minimum Gasteiger partial charge on any atom is -0.395 e. The van der Waals surface area contributed by atoms with Crippen LogP contribution in [0.2, 0.25) is 0 Å². The van der Waals surface area contributed by atoms with Crippen LogP contribution in [-0.4, -0.2) is 61.1 Å². The van der Waals surface area contributed by atoms with Crippen LogP contribution in [0.3, 0.4) is 0 Å². The zero-order chi connectivity index (χ0) is 13.9. The van der Waals surface area contributed by atoms with Crippen molar-refractivity contribution in [1.82, 2.24) is 4.90 Å². The second-order valence-electron chi connectivity index (χ2n) is 5.08. The minimum atomic E-state index is -3.05. The Labute approximate surface area is 108 Å². The molecule has 1 aliphatic rings. The van der Waals surface area contributed by atoms with Gasteiger partial charge in [0, 0.05) is 12.6 Å². The second-order valence-corrected chi connectivity index (χ2v) is 7.31. The van der Waals surface area contributed by atoms with Crippen LogP contribution < -0.4 is 5.73 Å². The molecule has 1 amide bonds. The standard InChI is InChI=1S/C11H22N2O4S/c1-8(2)10(12)11(15)13(4-5-14)9-3-6-18(16,17)7-9/h8-10,14H,3-7,12H2,1-2H3. The summed E-state index contributed by atoms with van der Waals surface area (Å²) in [5.74, 6) is -0.217. The minimum absolute atomic E-state index is 0.0169. The van der Waals surface area contributed by atoms with Gasteiger partial charge in [-0.1, -0.05) is 13.8 Å². The molecule has 0 spiro atoms. The van der Waals surface area contributed by atoms with Crippen LogP contribution in [0.15, 0.2) is 0 Å². The molecule has 1 saturated heterocycles. The van der Waals surface area contributed by atoms with E-state index in [0.717, 1.165) is 0 Å². The molecule has 1 fully saturated rings. The van der Waals surface area contributed by atoms with E-state index in [0.29, 0.717) is 6.42 Å². The smallest absolute Gasteiger partial charge is 0.240 e. The number of sulfone groups is 1. The maximum Gasteiger partial charge on any atom is 0.240 e. The molecule has 1 rings (SSSR count). The SMILES string of the molecule is CC(C)C(N)C(=O)N(CCO)C1CCS(=O)(=O)C1. The first-order chi connectivity index (χ1) is 8.28. The van der Waals surface area contributed by atoms with Gasteiger partial charge in [0.15, 0.2) is 9.84 Å². The van der Waals surface area contributed by atoms with Crippen LogP contribution in [0.4, 0.5) is 0 Å². The number of nitrogens with two attached hydrogens (primary N) is 1. The first-order valence-corrected chi connectivity index (χ1v) is 7.98. The molecule has 6 nitrogen and oxygen atoms in total. The molecule has 18 heavy (non-hydrogen) atoms. The third kappa shape index (κ3) is 3.66. The van der Waals surface area contributed by atoms with Gasteiger partial charge < -0.3 is 15.7 Å². The van der Waals surface area contributed by atoms with Gasteiger partial charge in [-0.05, 0) is 12.3 Å². The van der Waals surface area contributed by atoms with Gasteiger partial charge in [-0.3, -0.25) is 4.79 Å². The molecule has 0 aliphatic carbocycles. The topological polar surface area (TPSA) is 101 Å². The summed E-state index contributed by atoms with van der Waals surface area (Å²) in [7, 11) is -3.05. The maximum absolute atomic E-state index is 12.2. The number of nitrogens with zero attached hydrogens (tertiary/aromatic N) is 1. The monoisotopic (exact) mass is 278 g/mol. The predicted molar refractivity (Wildman–Crippen MR) is 68.7 cm³/mol. The highest BCUT2D eigenvalue weighted by Gasteiger charge is 2.36. The lowest BCUT2D eigenvalue weighted by Crippen LogP contribution is -2.52. The van der Waals surface area contributed by atoms with E-state index in [9.17, 15) is 13.2 Å². The highest BCUT2D eigenvalue weighted by Crippen LogP contribution is 2.19. The fourth-order valence-electron chi connectivity index (χ4n) is 2.08. The van der Waals surface area contributed by atoms with Crippen molar-refractivity contribution < 1.29 is 18.3 Å². The summed E-state index contributed by atoms with van der Waals surface area (Å²) in [6.07, 6.45) is 0.429. The number of hydrogen-bond acceptors (Lipinski definition) is 5. The largest absolute Gasteiger partial charge is 0.395 e. The molecular formula is C11H22N2O4S. The number of rotatable bonds is 5. The molecule has 2 unspecified atom stereocenters. The number of amides is 1. The predicted octanol–water partition coefficient (Wildman–Crippen LogP) is -1.02. The van der Waals surface area contributed by atoms with E-state index in [-0.39, 0.29) is 42.5 Å². The van der Waals surface area contributed by atoms with E-state index in [1.807, 2.05) is 13.8 Å². The van der Waals surface area contributed by atoms with Crippen LogP contribution >= 0.6 is 0 Å². The number of hydrogen-bond donors (Lipinski definition) is 2. The van der Waals surface area contributed by atoms with E-state index in [2.05, 4.69) is 0 Å². The van der Waals surface area contributed by atoms with Gasteiger partial charge in [0.25, 0.3) is 0 Å². The summed E-state index contributed by atoms with van der Waals surface area (Å²) in [4.78, 5) is 13.6. The van der Waals surface area contributed by atoms with Crippen molar-refractivity contribution in [1.29, 1.82) is 0 Å². The lowest BCUT2D eigenvalue weighted by molar-refractivity contribution is -0.136. The second kappa shape index (κ2) is 5.99. The zero-order valence-electron chi connectivity index (χ0n) is 10.9. The Morgan fingerprint density at radius 2 is 2.11 bits per heavy atom. The lowest BCUT2D eigenvalue weighted by Gasteiger charge is -2.31. The quantitative estimate of drug-likeness (QED) is 0.670. The Kier molecular flexibility index (Phi) is 5.12. The average Bonchev–Trinajstić information content (AvgIpc) is 2.64. The van der Waals surface area contributed by atoms with Crippen LogP contribution in [0.5, 0.6) is 0 Å². The Balaban J connectivity index is 2.80. The molecule has 0 aromatic rings. The van der Waals surface area contributed by atoms with Gasteiger partial charge in [0.2, 0.25) is 5.91 Å². The summed E-state index contributed by atoms with van der Waals surface area (Å²) in [6.45, 7) is 3.63. The van der Waals surface area contributed by atoms with Gasteiger partial charge in [-0.25, -0.2) is 8.42 Å². The molecule has 0 saturated carbocycles. The molecule has 7 heteroatoms. The van der Waals surface area contributed by atoms with Crippen molar-refractivity contribution in [3.63, 3.8) is 0 Å². The third-order valence-electron chi connectivity index (χ3n) is 3.28. The summed E-state index contributed by atoms with van der Waals surface area (Å²) >= 11 is 0. The molecular weight excluding hydrogens is 256 g/mol. The normalized spacial score (nSPS) is 24.2. The van der Waals surface area contributed by atoms with Crippen LogP contribution in [0, 0.1) is 5.92 Å². The molecule has 0 aromatic heterocycles. The van der Waals surface area contributed by atoms with Gasteiger partial charge in [-0.15, -0.1) is 0 Å². The molecule has 2 atom stereocenters. The number of carbonyl (C=O) groups is 1. The van der Waals surface area contributed by atoms with E-state index in [1.165, 1.54) is 4.90 Å². The van der Waals surface area contributed by atoms with Gasteiger partial charge in [-0.2, -0.15) is 0 Å². The van der Waals surface area contributed by atoms with Crippen molar-refractivity contribution in [3.8, 4) is 0 Å². The first-order valence-electron chi connectivity index (χ1n) is 6.16. The summed E-state index contributed by atoms with van der Waals surface area (Å²) in [5, 5.41) is 9.01. The highest BCUT2D eigenvalue weighted by molar-refractivity contribution is 7.91. The Bertz CT molecular complexity index is 394. The van der Waals surface area contributed by atoms with Crippen molar-refractivity contribution >= 4 is 15.7 Å². The van der Waals surface area contributed by atoms with Crippen LogP contribution in [0.1, 0.15) is 20.3 Å². The number of aliphatic hydroxyl groups excluding tert-OH is 1. The Hall–Kier alpha value is -0.660. The molecule has 0 bridgehead atoms. The van der Waals surface area contributed by atoms with Gasteiger partial charge in [0.1, 0.15) is 0 Å². The van der Waals surface area contributed by atoms with E-state index >= 15 is 0 Å². The Morgan fingerprint density at radius 1 is 1.50 bits per heavy atom. The van der Waals surface area contributed by atoms with Crippen molar-refractivity contribution in [2.75, 3.05) is 24.7 Å². The fraction of sp³-hybridized carbons (Fsp3) is 0.909. The van der Waals surface area contributed by atoms with Gasteiger partial charge in [0.05, 0.1) is 24.2 Å². The van der Waals surface area contributed by atoms with Crippen molar-refractivity contribution in [2.45, 2.75) is 32.4 Å². The van der Waals surface area contributed by atoms with E-state index in [4.69, 9.17) is 10.8 Å². The Morgan fingerprint density at radius 3 is 2.50 bits per heavy atom.